The predicted molar refractivity (Wildman–Crippen MR) is 90.2 cm³/mol. The molecule has 124 valence electrons. The van der Waals surface area contributed by atoms with Crippen LogP contribution in [0.15, 0.2) is 35.5 Å². The summed E-state index contributed by atoms with van der Waals surface area (Å²) in [6, 6.07) is 5.23. The SMILES string of the molecule is Cc1cnn([C@H]2CCCN(S(=O)(=O)c3c(C)cccc3Cl)C2)c1. The van der Waals surface area contributed by atoms with E-state index in [2.05, 4.69) is 5.10 Å². The number of nitrogens with zero attached hydrogens (tertiary/aromatic N) is 3. The molecule has 5 nitrogen and oxygen atoms in total. The number of hydrogen-bond donors (Lipinski definition) is 0. The second-order valence-corrected chi connectivity index (χ2v) is 8.32. The van der Waals surface area contributed by atoms with Crippen LogP contribution in [0.3, 0.4) is 0 Å². The van der Waals surface area contributed by atoms with Gasteiger partial charge >= 0.3 is 0 Å². The van der Waals surface area contributed by atoms with Crippen molar-refractivity contribution >= 4 is 21.6 Å². The summed E-state index contributed by atoms with van der Waals surface area (Å²) in [5.74, 6) is 0. The molecule has 3 rings (SSSR count). The van der Waals surface area contributed by atoms with Gasteiger partial charge in [-0.25, -0.2) is 8.42 Å². The minimum Gasteiger partial charge on any atom is -0.268 e. The van der Waals surface area contributed by atoms with Crippen LogP contribution in [0.5, 0.6) is 0 Å². The van der Waals surface area contributed by atoms with Crippen molar-refractivity contribution in [3.05, 3.63) is 46.7 Å². The third-order valence-corrected chi connectivity index (χ3v) is 6.72. The quantitative estimate of drug-likeness (QED) is 0.851. The Morgan fingerprint density at radius 2 is 2.09 bits per heavy atom. The van der Waals surface area contributed by atoms with Gasteiger partial charge in [-0.1, -0.05) is 23.7 Å². The third kappa shape index (κ3) is 3.16. The summed E-state index contributed by atoms with van der Waals surface area (Å²) in [6.45, 7) is 4.70. The van der Waals surface area contributed by atoms with Crippen LogP contribution in [0.25, 0.3) is 0 Å². The van der Waals surface area contributed by atoms with Crippen molar-refractivity contribution in [3.8, 4) is 0 Å². The van der Waals surface area contributed by atoms with Gasteiger partial charge in [0.15, 0.2) is 0 Å². The first-order chi connectivity index (χ1) is 10.9. The highest BCUT2D eigenvalue weighted by atomic mass is 35.5. The van der Waals surface area contributed by atoms with Crippen molar-refractivity contribution in [1.29, 1.82) is 0 Å². The standard InChI is InChI=1S/C16H20ClN3O2S/c1-12-9-18-20(10-12)14-6-4-8-19(11-14)23(21,22)16-13(2)5-3-7-15(16)17/h3,5,7,9-10,14H,4,6,8,11H2,1-2H3/t14-/m0/s1. The number of piperidine rings is 1. The minimum atomic E-state index is -3.60. The second kappa shape index (κ2) is 6.26. The average Bonchev–Trinajstić information content (AvgIpc) is 2.94. The third-order valence-electron chi connectivity index (χ3n) is 4.23. The van der Waals surface area contributed by atoms with Crippen LogP contribution in [0.4, 0.5) is 0 Å². The highest BCUT2D eigenvalue weighted by Gasteiger charge is 2.33. The molecular formula is C16H20ClN3O2S. The molecule has 0 aliphatic carbocycles. The summed E-state index contributed by atoms with van der Waals surface area (Å²) in [7, 11) is -3.60. The van der Waals surface area contributed by atoms with Crippen LogP contribution in [0.1, 0.15) is 30.0 Å². The Bertz CT molecular complexity index is 796. The van der Waals surface area contributed by atoms with Gasteiger partial charge < -0.3 is 0 Å². The fraction of sp³-hybridized carbons (Fsp3) is 0.438. The molecule has 23 heavy (non-hydrogen) atoms. The van der Waals surface area contributed by atoms with Crippen LogP contribution >= 0.6 is 11.6 Å². The van der Waals surface area contributed by atoms with Crippen molar-refractivity contribution in [2.45, 2.75) is 37.6 Å². The smallest absolute Gasteiger partial charge is 0.244 e. The van der Waals surface area contributed by atoms with E-state index in [4.69, 9.17) is 11.6 Å². The molecule has 0 N–H and O–H groups in total. The van der Waals surface area contributed by atoms with Crippen molar-refractivity contribution in [1.82, 2.24) is 14.1 Å². The van der Waals surface area contributed by atoms with Crippen LogP contribution in [0, 0.1) is 13.8 Å². The second-order valence-electron chi connectivity index (χ2n) is 6.04. The first kappa shape index (κ1) is 16.5. The van der Waals surface area contributed by atoms with Crippen LogP contribution in [-0.4, -0.2) is 35.6 Å². The van der Waals surface area contributed by atoms with E-state index in [1.807, 2.05) is 17.8 Å². The van der Waals surface area contributed by atoms with E-state index in [9.17, 15) is 8.42 Å². The van der Waals surface area contributed by atoms with E-state index in [1.165, 1.54) is 4.31 Å². The Morgan fingerprint density at radius 1 is 1.30 bits per heavy atom. The molecule has 0 amide bonds. The highest BCUT2D eigenvalue weighted by Crippen LogP contribution is 2.31. The summed E-state index contributed by atoms with van der Waals surface area (Å²) in [4.78, 5) is 0.221. The van der Waals surface area contributed by atoms with Crippen LogP contribution in [-0.2, 0) is 10.0 Å². The summed E-state index contributed by atoms with van der Waals surface area (Å²) in [5.41, 5.74) is 1.75. The number of hydrogen-bond acceptors (Lipinski definition) is 3. The maximum Gasteiger partial charge on any atom is 0.244 e. The molecule has 1 atom stereocenters. The number of sulfonamides is 1. The lowest BCUT2D eigenvalue weighted by Gasteiger charge is -2.32. The number of halogens is 1. The van der Waals surface area contributed by atoms with Gasteiger partial charge in [-0.2, -0.15) is 9.40 Å². The van der Waals surface area contributed by atoms with E-state index in [1.54, 1.807) is 31.3 Å². The van der Waals surface area contributed by atoms with Gasteiger partial charge in [-0.3, -0.25) is 4.68 Å². The molecule has 0 spiro atoms. The summed E-state index contributed by atoms with van der Waals surface area (Å²) < 4.78 is 29.5. The van der Waals surface area contributed by atoms with Crippen molar-refractivity contribution in [2.75, 3.05) is 13.1 Å². The lowest BCUT2D eigenvalue weighted by molar-refractivity contribution is 0.253. The molecule has 1 aromatic carbocycles. The molecule has 1 aromatic heterocycles. The van der Waals surface area contributed by atoms with Gasteiger partial charge in [0.1, 0.15) is 4.90 Å². The molecule has 1 aliphatic heterocycles. The Hall–Kier alpha value is -1.37. The van der Waals surface area contributed by atoms with Crippen LogP contribution in [0.2, 0.25) is 5.02 Å². The molecule has 1 aliphatic rings. The minimum absolute atomic E-state index is 0.0648. The van der Waals surface area contributed by atoms with Gasteiger partial charge in [0.2, 0.25) is 10.0 Å². The zero-order valence-electron chi connectivity index (χ0n) is 13.2. The molecule has 2 aromatic rings. The normalized spacial score (nSPS) is 19.9. The van der Waals surface area contributed by atoms with Gasteiger partial charge in [0.25, 0.3) is 0 Å². The zero-order valence-corrected chi connectivity index (χ0v) is 14.8. The first-order valence-electron chi connectivity index (χ1n) is 7.65. The topological polar surface area (TPSA) is 55.2 Å². The highest BCUT2D eigenvalue weighted by molar-refractivity contribution is 7.89. The fourth-order valence-electron chi connectivity index (χ4n) is 3.06. The number of aryl methyl sites for hydroxylation is 2. The van der Waals surface area contributed by atoms with Gasteiger partial charge in [-0.05, 0) is 43.9 Å². The van der Waals surface area contributed by atoms with Crippen molar-refractivity contribution in [2.24, 2.45) is 0 Å². The molecule has 0 unspecified atom stereocenters. The van der Waals surface area contributed by atoms with E-state index < -0.39 is 10.0 Å². The van der Waals surface area contributed by atoms with Gasteiger partial charge in [-0.15, -0.1) is 0 Å². The van der Waals surface area contributed by atoms with Gasteiger partial charge in [0.05, 0.1) is 17.3 Å². The Morgan fingerprint density at radius 3 is 2.74 bits per heavy atom. The molecule has 1 fully saturated rings. The molecule has 0 radical (unpaired) electrons. The van der Waals surface area contributed by atoms with E-state index >= 15 is 0 Å². The molecule has 1 saturated heterocycles. The van der Waals surface area contributed by atoms with Crippen LogP contribution < -0.4 is 0 Å². The maximum absolute atomic E-state index is 13.0. The summed E-state index contributed by atoms with van der Waals surface area (Å²) >= 11 is 6.17. The number of rotatable bonds is 3. The Labute approximate surface area is 141 Å². The van der Waals surface area contributed by atoms with Gasteiger partial charge in [0, 0.05) is 19.3 Å². The maximum atomic E-state index is 13.0. The van der Waals surface area contributed by atoms with Crippen molar-refractivity contribution < 1.29 is 8.42 Å². The number of benzene rings is 1. The number of aromatic nitrogens is 2. The largest absolute Gasteiger partial charge is 0.268 e. The Balaban J connectivity index is 1.91. The van der Waals surface area contributed by atoms with Crippen molar-refractivity contribution in [3.63, 3.8) is 0 Å². The molecule has 2 heterocycles. The summed E-state index contributed by atoms with van der Waals surface area (Å²) in [6.07, 6.45) is 5.49. The lowest BCUT2D eigenvalue weighted by Crippen LogP contribution is -2.41. The molecule has 7 heteroatoms. The van der Waals surface area contributed by atoms with E-state index in [0.29, 0.717) is 18.7 Å². The summed E-state index contributed by atoms with van der Waals surface area (Å²) in [5, 5.41) is 4.61. The fourth-order valence-corrected chi connectivity index (χ4v) is 5.36. The molecular weight excluding hydrogens is 334 g/mol. The molecule has 0 saturated carbocycles. The lowest BCUT2D eigenvalue weighted by atomic mass is 10.1. The van der Waals surface area contributed by atoms with E-state index in [0.717, 1.165) is 18.4 Å². The Kier molecular flexibility index (Phi) is 4.49. The predicted octanol–water partition coefficient (Wildman–Crippen LogP) is 3.18. The zero-order chi connectivity index (χ0) is 16.6. The average molecular weight is 354 g/mol. The molecule has 0 bridgehead atoms. The van der Waals surface area contributed by atoms with E-state index in [-0.39, 0.29) is 16.0 Å². The first-order valence-corrected chi connectivity index (χ1v) is 9.47. The monoisotopic (exact) mass is 353 g/mol.